The molecule has 5 rings (SSSR count). The molecule has 0 fully saturated rings. The molecule has 0 spiro atoms. The molecule has 0 bridgehead atoms. The van der Waals surface area contributed by atoms with Crippen molar-refractivity contribution in [3.8, 4) is 17.0 Å². The molecule has 2 unspecified atom stereocenters. The molecule has 2 aromatic carbocycles. The van der Waals surface area contributed by atoms with Crippen molar-refractivity contribution in [2.24, 2.45) is 0 Å². The van der Waals surface area contributed by atoms with Crippen LogP contribution in [-0.2, 0) is 22.4 Å². The fourth-order valence-corrected chi connectivity index (χ4v) is 5.67. The fourth-order valence-electron chi connectivity index (χ4n) is 5.67. The van der Waals surface area contributed by atoms with Crippen molar-refractivity contribution in [2.75, 3.05) is 7.11 Å². The maximum atomic E-state index is 12.8. The lowest BCUT2D eigenvalue weighted by molar-refractivity contribution is 0.0499. The van der Waals surface area contributed by atoms with Crippen LogP contribution in [-0.4, -0.2) is 40.5 Å². The molecule has 1 amide bonds. The van der Waals surface area contributed by atoms with Gasteiger partial charge in [0.05, 0.1) is 24.4 Å². The van der Waals surface area contributed by atoms with Gasteiger partial charge in [0.15, 0.2) is 0 Å². The van der Waals surface area contributed by atoms with Crippen LogP contribution in [0.1, 0.15) is 67.4 Å². The van der Waals surface area contributed by atoms with E-state index >= 15 is 0 Å². The lowest BCUT2D eigenvalue weighted by Crippen LogP contribution is -2.42. The van der Waals surface area contributed by atoms with Crippen LogP contribution in [0.2, 0.25) is 0 Å². The van der Waals surface area contributed by atoms with E-state index in [4.69, 9.17) is 9.47 Å². The second-order valence-corrected chi connectivity index (χ2v) is 11.0. The van der Waals surface area contributed by atoms with Gasteiger partial charge in [-0.05, 0) is 93.8 Å². The van der Waals surface area contributed by atoms with Gasteiger partial charge in [-0.3, -0.25) is 0 Å². The summed E-state index contributed by atoms with van der Waals surface area (Å²) in [6.07, 6.45) is 7.53. The highest BCUT2D eigenvalue weighted by molar-refractivity contribution is 5.99. The lowest BCUT2D eigenvalue weighted by atomic mass is 9.84. The number of fused-ring (bicyclic) bond motifs is 5. The van der Waals surface area contributed by atoms with Crippen molar-refractivity contribution < 1.29 is 24.2 Å². The summed E-state index contributed by atoms with van der Waals surface area (Å²) in [4.78, 5) is 25.2. The van der Waals surface area contributed by atoms with Crippen molar-refractivity contribution in [3.63, 3.8) is 0 Å². The van der Waals surface area contributed by atoms with Crippen LogP contribution in [0.25, 0.3) is 22.2 Å². The predicted octanol–water partition coefficient (Wildman–Crippen LogP) is 6.07. The van der Waals surface area contributed by atoms with E-state index < -0.39 is 11.7 Å². The van der Waals surface area contributed by atoms with Gasteiger partial charge in [0.25, 0.3) is 0 Å². The van der Waals surface area contributed by atoms with Crippen molar-refractivity contribution >= 4 is 23.0 Å². The third kappa shape index (κ3) is 4.95. The number of amides is 1. The fraction of sp³-hybridized carbons (Fsp3) is 0.400. The first-order valence-electron chi connectivity index (χ1n) is 12.9. The number of methoxy groups -OCH3 is 1. The monoisotopic (exact) mass is 502 g/mol. The van der Waals surface area contributed by atoms with E-state index in [0.29, 0.717) is 24.4 Å². The minimum Gasteiger partial charge on any atom is -0.508 e. The summed E-state index contributed by atoms with van der Waals surface area (Å²) in [7, 11) is 1.38. The Hall–Kier alpha value is -3.74. The normalized spacial score (nSPS) is 19.0. The van der Waals surface area contributed by atoms with E-state index in [9.17, 15) is 14.7 Å². The number of hydrogen-bond acceptors (Lipinski definition) is 5. The third-order valence-electron chi connectivity index (χ3n) is 7.14. The average molecular weight is 503 g/mol. The second kappa shape index (κ2) is 9.61. The number of carbonyl (C=O) groups excluding carboxylic acids is 2. The summed E-state index contributed by atoms with van der Waals surface area (Å²) in [5, 5.41) is 14.5. The molecule has 3 aromatic rings. The second-order valence-electron chi connectivity index (χ2n) is 11.0. The van der Waals surface area contributed by atoms with Gasteiger partial charge in [-0.2, -0.15) is 0 Å². The van der Waals surface area contributed by atoms with Crippen LogP contribution >= 0.6 is 0 Å². The van der Waals surface area contributed by atoms with E-state index in [1.165, 1.54) is 12.7 Å². The molecule has 2 aliphatic rings. The van der Waals surface area contributed by atoms with Crippen molar-refractivity contribution in [1.82, 2.24) is 9.88 Å². The zero-order valence-corrected chi connectivity index (χ0v) is 21.8. The van der Waals surface area contributed by atoms with Crippen LogP contribution < -0.4 is 5.32 Å². The molecule has 0 saturated heterocycles. The number of nitrogens with one attached hydrogen (secondary N) is 1. The molecule has 194 valence electrons. The van der Waals surface area contributed by atoms with Gasteiger partial charge in [0.2, 0.25) is 0 Å². The quantitative estimate of drug-likeness (QED) is 0.335. The molecule has 2 heterocycles. The Bertz CT molecular complexity index is 1400. The zero-order chi connectivity index (χ0) is 26.3. The number of benzene rings is 2. The van der Waals surface area contributed by atoms with Crippen LogP contribution in [0, 0.1) is 0 Å². The highest BCUT2D eigenvalue weighted by Gasteiger charge is 2.32. The number of allylic oxidation sites excluding steroid dienone is 2. The van der Waals surface area contributed by atoms with Crippen LogP contribution in [0.5, 0.6) is 5.75 Å². The number of aromatic hydroxyl groups is 1. The van der Waals surface area contributed by atoms with Gasteiger partial charge < -0.3 is 24.5 Å². The molecule has 1 aromatic heterocycles. The molecule has 1 aliphatic heterocycles. The Labute approximate surface area is 217 Å². The Morgan fingerprint density at radius 3 is 2.62 bits per heavy atom. The summed E-state index contributed by atoms with van der Waals surface area (Å²) in [6, 6.07) is 10.9. The molecule has 7 nitrogen and oxygen atoms in total. The lowest BCUT2D eigenvalue weighted by Gasteiger charge is -2.23. The molecule has 37 heavy (non-hydrogen) atoms. The highest BCUT2D eigenvalue weighted by atomic mass is 16.6. The SMILES string of the molecule is COC(=O)c1ccc2c(C3CC=CCC3)c3n(c2c1)CC(NC(=O)OC(C)(C)C)Cc1cc(O)ccc1-3. The van der Waals surface area contributed by atoms with E-state index in [1.54, 1.807) is 12.1 Å². The van der Waals surface area contributed by atoms with E-state index in [0.717, 1.165) is 47.0 Å². The Morgan fingerprint density at radius 2 is 1.92 bits per heavy atom. The van der Waals surface area contributed by atoms with Gasteiger partial charge >= 0.3 is 12.1 Å². The van der Waals surface area contributed by atoms with E-state index in [-0.39, 0.29) is 17.8 Å². The van der Waals surface area contributed by atoms with Gasteiger partial charge in [0, 0.05) is 23.0 Å². The van der Waals surface area contributed by atoms with Crippen LogP contribution in [0.4, 0.5) is 4.79 Å². The molecule has 0 radical (unpaired) electrons. The zero-order valence-electron chi connectivity index (χ0n) is 21.8. The predicted molar refractivity (Wildman–Crippen MR) is 143 cm³/mol. The van der Waals surface area contributed by atoms with Gasteiger partial charge in [-0.1, -0.05) is 18.2 Å². The topological polar surface area (TPSA) is 89.8 Å². The third-order valence-corrected chi connectivity index (χ3v) is 7.14. The summed E-state index contributed by atoms with van der Waals surface area (Å²) >= 11 is 0. The average Bonchev–Trinajstić information content (AvgIpc) is 3.07. The summed E-state index contributed by atoms with van der Waals surface area (Å²) < 4.78 is 12.8. The van der Waals surface area contributed by atoms with Gasteiger partial charge in [-0.25, -0.2) is 9.59 Å². The molecule has 0 saturated carbocycles. The summed E-state index contributed by atoms with van der Waals surface area (Å²) in [5.41, 5.74) is 5.13. The first-order valence-corrected chi connectivity index (χ1v) is 12.9. The number of alkyl carbamates (subject to hydrolysis) is 1. The smallest absolute Gasteiger partial charge is 0.407 e. The van der Waals surface area contributed by atoms with Crippen LogP contribution in [0.3, 0.4) is 0 Å². The first-order chi connectivity index (χ1) is 17.6. The number of aromatic nitrogens is 1. The van der Waals surface area contributed by atoms with Crippen molar-refractivity contribution in [2.45, 2.75) is 70.6 Å². The Balaban J connectivity index is 1.72. The maximum absolute atomic E-state index is 12.8. The molecule has 2 atom stereocenters. The number of hydrogen-bond donors (Lipinski definition) is 2. The minimum absolute atomic E-state index is 0.189. The van der Waals surface area contributed by atoms with E-state index in [2.05, 4.69) is 22.0 Å². The largest absolute Gasteiger partial charge is 0.508 e. The van der Waals surface area contributed by atoms with Crippen molar-refractivity contribution in [3.05, 3.63) is 65.2 Å². The van der Waals surface area contributed by atoms with Gasteiger partial charge in [0.1, 0.15) is 11.4 Å². The number of phenols is 1. The van der Waals surface area contributed by atoms with E-state index in [1.807, 2.05) is 45.0 Å². The number of phenolic OH excluding ortho intramolecular Hbond substituents is 1. The van der Waals surface area contributed by atoms with Crippen molar-refractivity contribution in [1.29, 1.82) is 0 Å². The molecular formula is C30H34N2O5. The molecule has 7 heteroatoms. The van der Waals surface area contributed by atoms with Crippen LogP contribution in [0.15, 0.2) is 48.6 Å². The number of nitrogens with zero attached hydrogens (tertiary/aromatic N) is 1. The number of rotatable bonds is 3. The van der Waals surface area contributed by atoms with Gasteiger partial charge in [-0.15, -0.1) is 0 Å². The molecule has 2 N–H and O–H groups in total. The Kier molecular flexibility index (Phi) is 6.48. The molecular weight excluding hydrogens is 468 g/mol. The summed E-state index contributed by atoms with van der Waals surface area (Å²) in [5.74, 6) is 0.126. The highest BCUT2D eigenvalue weighted by Crippen LogP contribution is 2.45. The number of esters is 1. The Morgan fingerprint density at radius 1 is 1.11 bits per heavy atom. The summed E-state index contributed by atoms with van der Waals surface area (Å²) in [6.45, 7) is 6.01. The maximum Gasteiger partial charge on any atom is 0.407 e. The number of carbonyl (C=O) groups is 2. The standard InChI is InChI=1S/C30H34N2O5/c1-30(2,3)37-29(35)31-21-14-20-15-22(33)11-13-23(20)27-26(18-8-6-5-7-9-18)24-12-10-19(28(34)36-4)16-25(24)32(27)17-21/h5-6,10-13,15-16,18,21,33H,7-9,14,17H2,1-4H3,(H,31,35). The minimum atomic E-state index is -0.618. The first kappa shape index (κ1) is 24.9. The molecule has 1 aliphatic carbocycles. The number of ether oxygens (including phenoxy) is 2.